The summed E-state index contributed by atoms with van der Waals surface area (Å²) in [5.74, 6) is 3.20. The van der Waals surface area contributed by atoms with Gasteiger partial charge >= 0.3 is 0 Å². The lowest BCUT2D eigenvalue weighted by Crippen LogP contribution is -2.04. The highest BCUT2D eigenvalue weighted by atomic mass is 16.5. The van der Waals surface area contributed by atoms with Gasteiger partial charge in [0, 0.05) is 11.8 Å². The largest absolute Gasteiger partial charge is 0.496 e. The maximum atomic E-state index is 5.79. The van der Waals surface area contributed by atoms with Crippen LogP contribution in [0.1, 0.15) is 11.3 Å². The summed E-state index contributed by atoms with van der Waals surface area (Å²) in [6.07, 6.45) is 1.78. The van der Waals surface area contributed by atoms with E-state index in [1.54, 1.807) is 13.3 Å². The molecule has 0 bridgehead atoms. The van der Waals surface area contributed by atoms with Crippen molar-refractivity contribution >= 4 is 11.2 Å². The van der Waals surface area contributed by atoms with E-state index in [9.17, 15) is 0 Å². The summed E-state index contributed by atoms with van der Waals surface area (Å²) >= 11 is 0. The van der Waals surface area contributed by atoms with Crippen LogP contribution in [0.25, 0.3) is 22.7 Å². The van der Waals surface area contributed by atoms with Crippen LogP contribution in [-0.4, -0.2) is 21.6 Å². The highest BCUT2D eigenvalue weighted by Crippen LogP contribution is 2.28. The molecule has 0 amide bonds. The smallest absolute Gasteiger partial charge is 0.178 e. The molecule has 0 fully saturated rings. The van der Waals surface area contributed by atoms with Crippen LogP contribution in [-0.2, 0) is 6.54 Å². The van der Waals surface area contributed by atoms with Gasteiger partial charge < -0.3 is 13.7 Å². The number of hydrogen-bond donors (Lipinski definition) is 0. The highest BCUT2D eigenvalue weighted by Gasteiger charge is 2.17. The molecule has 0 aliphatic rings. The Bertz CT molecular complexity index is 1000. The molecule has 3 heterocycles. The number of nitrogens with zero attached hydrogens (tertiary/aromatic N) is 3. The average molecular weight is 319 g/mol. The summed E-state index contributed by atoms with van der Waals surface area (Å²) in [6, 6.07) is 15.7. The zero-order chi connectivity index (χ0) is 16.5. The summed E-state index contributed by atoms with van der Waals surface area (Å²) < 4.78 is 13.3. The number of ether oxygens (including phenoxy) is 1. The monoisotopic (exact) mass is 319 g/mol. The average Bonchev–Trinajstić information content (AvgIpc) is 3.19. The second-order valence-electron chi connectivity index (χ2n) is 5.59. The number of pyridine rings is 1. The van der Waals surface area contributed by atoms with Gasteiger partial charge in [-0.05, 0) is 37.3 Å². The second-order valence-corrected chi connectivity index (χ2v) is 5.59. The van der Waals surface area contributed by atoms with Crippen molar-refractivity contribution in [3.63, 3.8) is 0 Å². The van der Waals surface area contributed by atoms with E-state index in [2.05, 4.69) is 9.55 Å². The minimum Gasteiger partial charge on any atom is -0.496 e. The standard InChI is InChI=1S/C19H17N3O2/c1-13-9-10-17(24-13)19-21-15-7-5-11-20-18(15)22(19)12-14-6-3-4-8-16(14)23-2/h3-11H,12H2,1-2H3. The molecule has 4 aromatic rings. The summed E-state index contributed by atoms with van der Waals surface area (Å²) in [7, 11) is 1.68. The molecule has 0 unspecified atom stereocenters. The molecule has 1 aromatic carbocycles. The Kier molecular flexibility index (Phi) is 3.54. The van der Waals surface area contributed by atoms with Gasteiger partial charge in [0.25, 0.3) is 0 Å². The van der Waals surface area contributed by atoms with Crippen molar-refractivity contribution in [1.82, 2.24) is 14.5 Å². The van der Waals surface area contributed by atoms with E-state index in [-0.39, 0.29) is 0 Å². The molecule has 0 aliphatic carbocycles. The van der Waals surface area contributed by atoms with Crippen LogP contribution in [0.4, 0.5) is 0 Å². The van der Waals surface area contributed by atoms with Crippen molar-refractivity contribution in [2.24, 2.45) is 0 Å². The first kappa shape index (κ1) is 14.5. The summed E-state index contributed by atoms with van der Waals surface area (Å²) in [4.78, 5) is 9.22. The van der Waals surface area contributed by atoms with Crippen LogP contribution < -0.4 is 4.74 Å². The first-order valence-electron chi connectivity index (χ1n) is 7.76. The zero-order valence-electron chi connectivity index (χ0n) is 13.6. The van der Waals surface area contributed by atoms with Crippen LogP contribution in [0.3, 0.4) is 0 Å². The van der Waals surface area contributed by atoms with E-state index in [4.69, 9.17) is 14.1 Å². The van der Waals surface area contributed by atoms with E-state index >= 15 is 0 Å². The number of para-hydroxylation sites is 1. The number of methoxy groups -OCH3 is 1. The van der Waals surface area contributed by atoms with Crippen molar-refractivity contribution in [3.05, 3.63) is 66.1 Å². The number of imidazole rings is 1. The molecular formula is C19H17N3O2. The fourth-order valence-corrected chi connectivity index (χ4v) is 2.85. The van der Waals surface area contributed by atoms with Crippen molar-refractivity contribution in [3.8, 4) is 17.3 Å². The molecule has 3 aromatic heterocycles. The van der Waals surface area contributed by atoms with E-state index in [1.165, 1.54) is 0 Å². The van der Waals surface area contributed by atoms with Gasteiger partial charge in [-0.1, -0.05) is 18.2 Å². The van der Waals surface area contributed by atoms with Crippen molar-refractivity contribution < 1.29 is 9.15 Å². The van der Waals surface area contributed by atoms with Crippen LogP contribution in [0.5, 0.6) is 5.75 Å². The fraction of sp³-hybridized carbons (Fsp3) is 0.158. The normalized spacial score (nSPS) is 11.1. The van der Waals surface area contributed by atoms with Crippen molar-refractivity contribution in [2.45, 2.75) is 13.5 Å². The number of rotatable bonds is 4. The number of hydrogen-bond acceptors (Lipinski definition) is 4. The van der Waals surface area contributed by atoms with Crippen LogP contribution in [0.2, 0.25) is 0 Å². The van der Waals surface area contributed by atoms with Gasteiger partial charge in [-0.15, -0.1) is 0 Å². The minimum atomic E-state index is 0.604. The Balaban J connectivity index is 1.89. The molecule has 0 saturated heterocycles. The van der Waals surface area contributed by atoms with E-state index in [1.807, 2.05) is 55.5 Å². The lowest BCUT2D eigenvalue weighted by atomic mass is 10.2. The van der Waals surface area contributed by atoms with Gasteiger partial charge in [0.2, 0.25) is 0 Å². The van der Waals surface area contributed by atoms with Gasteiger partial charge in [-0.25, -0.2) is 9.97 Å². The van der Waals surface area contributed by atoms with Crippen molar-refractivity contribution in [1.29, 1.82) is 0 Å². The second kappa shape index (κ2) is 5.85. The van der Waals surface area contributed by atoms with Gasteiger partial charge in [-0.3, -0.25) is 0 Å². The molecule has 0 aliphatic heterocycles. The van der Waals surface area contributed by atoms with Crippen LogP contribution in [0.15, 0.2) is 59.1 Å². The number of aryl methyl sites for hydroxylation is 1. The topological polar surface area (TPSA) is 53.1 Å². The lowest BCUT2D eigenvalue weighted by Gasteiger charge is -2.11. The molecule has 0 radical (unpaired) electrons. The van der Waals surface area contributed by atoms with Gasteiger partial charge in [-0.2, -0.15) is 0 Å². The number of benzene rings is 1. The van der Waals surface area contributed by atoms with E-state index in [0.717, 1.165) is 39.8 Å². The lowest BCUT2D eigenvalue weighted by molar-refractivity contribution is 0.408. The molecule has 5 heteroatoms. The Morgan fingerprint density at radius 3 is 2.75 bits per heavy atom. The summed E-state index contributed by atoms with van der Waals surface area (Å²) in [6.45, 7) is 2.53. The molecule has 120 valence electrons. The molecule has 0 saturated carbocycles. The Morgan fingerprint density at radius 1 is 1.08 bits per heavy atom. The molecule has 0 N–H and O–H groups in total. The Morgan fingerprint density at radius 2 is 1.96 bits per heavy atom. The maximum absolute atomic E-state index is 5.79. The Hall–Kier alpha value is -3.08. The molecule has 0 spiro atoms. The predicted octanol–water partition coefficient (Wildman–Crippen LogP) is 4.06. The van der Waals surface area contributed by atoms with Gasteiger partial charge in [0.15, 0.2) is 17.2 Å². The molecule has 4 rings (SSSR count). The quantitative estimate of drug-likeness (QED) is 0.569. The van der Waals surface area contributed by atoms with Gasteiger partial charge in [0.05, 0.1) is 13.7 Å². The third-order valence-electron chi connectivity index (χ3n) is 3.99. The third-order valence-corrected chi connectivity index (χ3v) is 3.99. The minimum absolute atomic E-state index is 0.604. The first-order valence-corrected chi connectivity index (χ1v) is 7.76. The van der Waals surface area contributed by atoms with E-state index in [0.29, 0.717) is 6.54 Å². The highest BCUT2D eigenvalue weighted by molar-refractivity contribution is 5.76. The zero-order valence-corrected chi connectivity index (χ0v) is 13.6. The maximum Gasteiger partial charge on any atom is 0.178 e. The van der Waals surface area contributed by atoms with Crippen LogP contribution >= 0.6 is 0 Å². The van der Waals surface area contributed by atoms with Crippen molar-refractivity contribution in [2.75, 3.05) is 7.11 Å². The number of fused-ring (bicyclic) bond motifs is 1. The molecular weight excluding hydrogens is 302 g/mol. The fourth-order valence-electron chi connectivity index (χ4n) is 2.85. The summed E-state index contributed by atoms with van der Waals surface area (Å²) in [5.41, 5.74) is 2.73. The Labute approximate surface area is 139 Å². The number of furan rings is 1. The molecule has 0 atom stereocenters. The van der Waals surface area contributed by atoms with Gasteiger partial charge in [0.1, 0.15) is 17.0 Å². The van der Waals surface area contributed by atoms with E-state index < -0.39 is 0 Å². The first-order chi connectivity index (χ1) is 11.8. The molecule has 24 heavy (non-hydrogen) atoms. The number of aromatic nitrogens is 3. The predicted molar refractivity (Wildman–Crippen MR) is 92.1 cm³/mol. The third kappa shape index (κ3) is 2.44. The van der Waals surface area contributed by atoms with Crippen LogP contribution in [0, 0.1) is 6.92 Å². The molecule has 5 nitrogen and oxygen atoms in total. The summed E-state index contributed by atoms with van der Waals surface area (Å²) in [5, 5.41) is 0. The SMILES string of the molecule is COc1ccccc1Cn1c(-c2ccc(C)o2)nc2cccnc21.